The Hall–Kier alpha value is -1.35. The van der Waals surface area contributed by atoms with Crippen molar-refractivity contribution in [2.45, 2.75) is 51.0 Å². The molecule has 0 aromatic heterocycles. The van der Waals surface area contributed by atoms with Crippen LogP contribution in [0.3, 0.4) is 0 Å². The second-order valence-electron chi connectivity index (χ2n) is 5.04. The minimum absolute atomic E-state index is 0.0473. The Balaban J connectivity index is 3.22. The summed E-state index contributed by atoms with van der Waals surface area (Å²) in [4.78, 5) is 11.8. The van der Waals surface area contributed by atoms with E-state index >= 15 is 0 Å². The quantitative estimate of drug-likeness (QED) is 0.769. The molecule has 1 aromatic rings. The lowest BCUT2D eigenvalue weighted by Gasteiger charge is -2.38. The Morgan fingerprint density at radius 1 is 1.32 bits per heavy atom. The number of hydrogen-bond acceptors (Lipinski definition) is 3. The Morgan fingerprint density at radius 3 is 2.42 bits per heavy atom. The summed E-state index contributed by atoms with van der Waals surface area (Å²) in [6.45, 7) is 4.19. The molecule has 0 aliphatic heterocycles. The average molecular weight is 263 g/mol. The van der Waals surface area contributed by atoms with Crippen LogP contribution in [0.15, 0.2) is 30.3 Å². The Kier molecular flexibility index (Phi) is 6.03. The predicted molar refractivity (Wildman–Crippen MR) is 77.9 cm³/mol. The fraction of sp³-hybridized carbons (Fsp3) is 0.562. The molecule has 0 heterocycles. The van der Waals surface area contributed by atoms with Crippen molar-refractivity contribution in [1.82, 2.24) is 0 Å². The summed E-state index contributed by atoms with van der Waals surface area (Å²) in [7, 11) is 1.43. The minimum Gasteiger partial charge on any atom is -0.469 e. The van der Waals surface area contributed by atoms with E-state index in [1.165, 1.54) is 7.11 Å². The van der Waals surface area contributed by atoms with Crippen LogP contribution in [0.5, 0.6) is 0 Å². The summed E-state index contributed by atoms with van der Waals surface area (Å²) in [5.41, 5.74) is 7.18. The highest BCUT2D eigenvalue weighted by molar-refractivity contribution is 5.71. The van der Waals surface area contributed by atoms with E-state index in [-0.39, 0.29) is 17.4 Å². The van der Waals surface area contributed by atoms with Crippen molar-refractivity contribution in [2.24, 2.45) is 5.73 Å². The summed E-state index contributed by atoms with van der Waals surface area (Å²) in [5, 5.41) is 0. The van der Waals surface area contributed by atoms with E-state index in [1.54, 1.807) is 0 Å². The molecule has 1 aromatic carbocycles. The third-order valence-electron chi connectivity index (χ3n) is 3.88. The fourth-order valence-corrected chi connectivity index (χ4v) is 2.80. The van der Waals surface area contributed by atoms with Crippen LogP contribution < -0.4 is 5.73 Å². The highest BCUT2D eigenvalue weighted by Crippen LogP contribution is 2.37. The molecule has 0 saturated heterocycles. The minimum atomic E-state index is -0.322. The van der Waals surface area contributed by atoms with Gasteiger partial charge in [0.25, 0.3) is 0 Å². The van der Waals surface area contributed by atoms with Crippen molar-refractivity contribution in [2.75, 3.05) is 7.11 Å². The molecular formula is C16H25NO2. The Bertz CT molecular complexity index is 391. The number of carbonyl (C=O) groups excluding carboxylic acids is 1. The van der Waals surface area contributed by atoms with Crippen molar-refractivity contribution >= 4 is 5.97 Å². The molecule has 0 radical (unpaired) electrons. The average Bonchev–Trinajstić information content (AvgIpc) is 2.46. The second kappa shape index (κ2) is 7.29. The van der Waals surface area contributed by atoms with Gasteiger partial charge in [0.1, 0.15) is 0 Å². The number of methoxy groups -OCH3 is 1. The summed E-state index contributed by atoms with van der Waals surface area (Å²) >= 11 is 0. The van der Waals surface area contributed by atoms with E-state index in [2.05, 4.69) is 26.0 Å². The number of rotatable bonds is 7. The maximum Gasteiger partial charge on any atom is 0.306 e. The van der Waals surface area contributed by atoms with Gasteiger partial charge in [-0.05, 0) is 18.4 Å². The van der Waals surface area contributed by atoms with E-state index in [0.717, 1.165) is 24.8 Å². The van der Waals surface area contributed by atoms with E-state index in [4.69, 9.17) is 10.5 Å². The number of hydrogen-bond donors (Lipinski definition) is 1. The number of carbonyl (C=O) groups is 1. The molecule has 19 heavy (non-hydrogen) atoms. The standard InChI is InChI=1S/C16H25NO2/c1-4-11-16(14(17)5-2,12-15(18)19-3)13-9-7-6-8-10-13/h6-10,14H,4-5,11-12,17H2,1-3H3. The van der Waals surface area contributed by atoms with E-state index < -0.39 is 0 Å². The van der Waals surface area contributed by atoms with Crippen molar-refractivity contribution in [3.8, 4) is 0 Å². The third kappa shape index (κ3) is 3.57. The van der Waals surface area contributed by atoms with Gasteiger partial charge < -0.3 is 10.5 Å². The highest BCUT2D eigenvalue weighted by atomic mass is 16.5. The van der Waals surface area contributed by atoms with Gasteiger partial charge in [0.2, 0.25) is 0 Å². The topological polar surface area (TPSA) is 52.3 Å². The zero-order chi connectivity index (χ0) is 14.3. The van der Waals surface area contributed by atoms with Crippen molar-refractivity contribution in [1.29, 1.82) is 0 Å². The first-order valence-corrected chi connectivity index (χ1v) is 6.98. The van der Waals surface area contributed by atoms with Crippen LogP contribution in [0.4, 0.5) is 0 Å². The van der Waals surface area contributed by atoms with Crippen molar-refractivity contribution in [3.05, 3.63) is 35.9 Å². The fourth-order valence-electron chi connectivity index (χ4n) is 2.80. The first kappa shape index (κ1) is 15.7. The van der Waals surface area contributed by atoms with Gasteiger partial charge in [0.15, 0.2) is 0 Å². The van der Waals surface area contributed by atoms with E-state index in [9.17, 15) is 4.79 Å². The molecule has 106 valence electrons. The van der Waals surface area contributed by atoms with Crippen molar-refractivity contribution in [3.63, 3.8) is 0 Å². The number of esters is 1. The third-order valence-corrected chi connectivity index (χ3v) is 3.88. The molecule has 1 rings (SSSR count). The summed E-state index contributed by atoms with van der Waals surface area (Å²) in [6.07, 6.45) is 3.06. The van der Waals surface area contributed by atoms with E-state index in [0.29, 0.717) is 6.42 Å². The van der Waals surface area contributed by atoms with Crippen LogP contribution in [0.2, 0.25) is 0 Å². The molecular weight excluding hydrogens is 238 g/mol. The monoisotopic (exact) mass is 263 g/mol. The number of benzene rings is 1. The Morgan fingerprint density at radius 2 is 1.95 bits per heavy atom. The Labute approximate surface area is 116 Å². The summed E-state index contributed by atoms with van der Waals surface area (Å²) < 4.78 is 4.87. The van der Waals surface area contributed by atoms with Crippen LogP contribution in [-0.2, 0) is 14.9 Å². The van der Waals surface area contributed by atoms with Gasteiger partial charge >= 0.3 is 5.97 Å². The molecule has 3 nitrogen and oxygen atoms in total. The van der Waals surface area contributed by atoms with Gasteiger partial charge in [-0.1, -0.05) is 50.6 Å². The van der Waals surface area contributed by atoms with Crippen LogP contribution in [-0.4, -0.2) is 19.1 Å². The maximum atomic E-state index is 11.8. The normalized spacial score (nSPS) is 15.6. The first-order valence-electron chi connectivity index (χ1n) is 6.98. The van der Waals surface area contributed by atoms with Crippen LogP contribution in [0, 0.1) is 0 Å². The molecule has 0 aliphatic rings. The molecule has 0 aliphatic carbocycles. The maximum absolute atomic E-state index is 11.8. The SMILES string of the molecule is CCCC(CC(=O)OC)(c1ccccc1)C(N)CC. The number of nitrogens with two attached hydrogens (primary N) is 1. The molecule has 0 bridgehead atoms. The zero-order valence-corrected chi connectivity index (χ0v) is 12.2. The second-order valence-corrected chi connectivity index (χ2v) is 5.04. The largest absolute Gasteiger partial charge is 0.469 e. The number of ether oxygens (including phenoxy) is 1. The van der Waals surface area contributed by atoms with Gasteiger partial charge in [-0.3, -0.25) is 4.79 Å². The highest BCUT2D eigenvalue weighted by Gasteiger charge is 2.39. The molecule has 2 N–H and O–H groups in total. The lowest BCUT2D eigenvalue weighted by Crippen LogP contribution is -2.46. The molecule has 3 heteroatoms. The van der Waals surface area contributed by atoms with Gasteiger partial charge in [0.05, 0.1) is 13.5 Å². The molecule has 0 saturated carbocycles. The summed E-state index contributed by atoms with van der Waals surface area (Å²) in [6, 6.07) is 10.1. The molecule has 0 fully saturated rings. The van der Waals surface area contributed by atoms with Gasteiger partial charge in [-0.15, -0.1) is 0 Å². The van der Waals surface area contributed by atoms with Gasteiger partial charge in [-0.2, -0.15) is 0 Å². The lowest BCUT2D eigenvalue weighted by atomic mass is 9.68. The van der Waals surface area contributed by atoms with Crippen LogP contribution in [0.1, 0.15) is 45.1 Å². The van der Waals surface area contributed by atoms with Gasteiger partial charge in [0, 0.05) is 11.5 Å². The molecule has 2 atom stereocenters. The van der Waals surface area contributed by atoms with Gasteiger partial charge in [-0.25, -0.2) is 0 Å². The lowest BCUT2D eigenvalue weighted by molar-refractivity contribution is -0.142. The van der Waals surface area contributed by atoms with E-state index in [1.807, 2.05) is 18.2 Å². The predicted octanol–water partition coefficient (Wildman–Crippen LogP) is 3.02. The smallest absolute Gasteiger partial charge is 0.306 e. The molecule has 2 unspecified atom stereocenters. The van der Waals surface area contributed by atoms with Crippen LogP contribution in [0.25, 0.3) is 0 Å². The van der Waals surface area contributed by atoms with Crippen molar-refractivity contribution < 1.29 is 9.53 Å². The zero-order valence-electron chi connectivity index (χ0n) is 12.2. The molecule has 0 spiro atoms. The summed E-state index contributed by atoms with van der Waals surface area (Å²) in [5.74, 6) is -0.193. The van der Waals surface area contributed by atoms with Crippen LogP contribution >= 0.6 is 0 Å². The molecule has 0 amide bonds. The first-order chi connectivity index (χ1) is 9.10.